The quantitative estimate of drug-likeness (QED) is 0.691. The molecular weight excluding hydrogens is 283 g/mol. The van der Waals surface area contributed by atoms with Gasteiger partial charge in [0, 0.05) is 5.56 Å². The van der Waals surface area contributed by atoms with Crippen molar-refractivity contribution in [2.45, 2.75) is 6.92 Å². The molecule has 0 nitrogen and oxygen atoms in total. The molecule has 0 aromatic heterocycles. The molecule has 1 heteroatoms. The van der Waals surface area contributed by atoms with Gasteiger partial charge in [-0.2, -0.15) is 0 Å². The molecule has 2 rings (SSSR count). The molecule has 70 valence electrons. The lowest BCUT2D eigenvalue weighted by Crippen LogP contribution is -3.61. The minimum atomic E-state index is 0.00698. The van der Waals surface area contributed by atoms with E-state index in [1.807, 2.05) is 0 Å². The van der Waals surface area contributed by atoms with Crippen LogP contribution in [-0.4, -0.2) is 0 Å². The number of aryl methyl sites for hydroxylation is 1. The Labute approximate surface area is 95.2 Å². The van der Waals surface area contributed by atoms with Gasteiger partial charge in [0.2, 0.25) is 0 Å². The van der Waals surface area contributed by atoms with Crippen LogP contribution in [0.2, 0.25) is 0 Å². The average molecular weight is 295 g/mol. The van der Waals surface area contributed by atoms with Gasteiger partial charge in [-0.3, -0.25) is 0 Å². The maximum Gasteiger partial charge on any atom is 0.358 e. The first-order valence-corrected chi connectivity index (χ1v) is 6.77. The summed E-state index contributed by atoms with van der Waals surface area (Å²) in [5.74, 6) is 0. The van der Waals surface area contributed by atoms with E-state index < -0.39 is 0 Å². The summed E-state index contributed by atoms with van der Waals surface area (Å²) in [6.07, 6.45) is 0. The van der Waals surface area contributed by atoms with Crippen LogP contribution in [0.4, 0.5) is 0 Å². The van der Waals surface area contributed by atoms with Crippen LogP contribution in [0.5, 0.6) is 0 Å². The molecule has 0 fully saturated rings. The number of rotatable bonds is 2. The molecule has 14 heavy (non-hydrogen) atoms. The summed E-state index contributed by atoms with van der Waals surface area (Å²) in [5.41, 5.74) is 1.42. The number of halogens is 1. The van der Waals surface area contributed by atoms with E-state index in [-0.39, 0.29) is 21.2 Å². The van der Waals surface area contributed by atoms with E-state index in [1.165, 1.54) is 12.7 Å². The van der Waals surface area contributed by atoms with E-state index in [0.717, 1.165) is 0 Å². The molecule has 0 saturated carbocycles. The molecule has 2 aromatic carbocycles. The summed E-state index contributed by atoms with van der Waals surface area (Å²) < 4.78 is 3.01. The summed E-state index contributed by atoms with van der Waals surface area (Å²) in [5, 5.41) is 0. The zero-order valence-corrected chi connectivity index (χ0v) is 10.2. The Kier molecular flexibility index (Phi) is 3.19. The van der Waals surface area contributed by atoms with Crippen LogP contribution in [0.25, 0.3) is 0 Å². The van der Waals surface area contributed by atoms with Crippen molar-refractivity contribution in [3.05, 3.63) is 67.3 Å². The van der Waals surface area contributed by atoms with Crippen molar-refractivity contribution >= 4 is 0 Å². The SMILES string of the molecule is Cc1ccccc1[I+]c1ccccc1. The van der Waals surface area contributed by atoms with E-state index in [4.69, 9.17) is 0 Å². The number of benzene rings is 2. The molecule has 0 amide bonds. The summed E-state index contributed by atoms with van der Waals surface area (Å²) in [7, 11) is 0. The molecule has 0 aliphatic rings. The van der Waals surface area contributed by atoms with E-state index in [1.54, 1.807) is 0 Å². The smallest absolute Gasteiger partial charge is 0.0619 e. The Morgan fingerprint density at radius 1 is 0.786 bits per heavy atom. The Balaban J connectivity index is 2.24. The lowest BCUT2D eigenvalue weighted by Gasteiger charge is -1.90. The van der Waals surface area contributed by atoms with Gasteiger partial charge in [-0.1, -0.05) is 36.4 Å². The van der Waals surface area contributed by atoms with Gasteiger partial charge in [0.05, 0.1) is 0 Å². The molecule has 0 heterocycles. The fourth-order valence-corrected chi connectivity index (χ4v) is 3.69. The fourth-order valence-electron chi connectivity index (χ4n) is 1.25. The van der Waals surface area contributed by atoms with Crippen LogP contribution in [0.3, 0.4) is 0 Å². The molecular formula is C13H12I+. The molecule has 0 saturated heterocycles. The van der Waals surface area contributed by atoms with Crippen molar-refractivity contribution in [2.24, 2.45) is 0 Å². The Morgan fingerprint density at radius 3 is 2.14 bits per heavy atom. The largest absolute Gasteiger partial charge is 0.358 e. The van der Waals surface area contributed by atoms with Crippen LogP contribution >= 0.6 is 0 Å². The molecule has 0 atom stereocenters. The molecule has 0 aliphatic carbocycles. The molecule has 0 radical (unpaired) electrons. The lowest BCUT2D eigenvalue weighted by molar-refractivity contribution is -0.598. The van der Waals surface area contributed by atoms with Gasteiger partial charge in [0.15, 0.2) is 7.14 Å². The molecule has 0 N–H and O–H groups in total. The van der Waals surface area contributed by atoms with Gasteiger partial charge in [0.1, 0.15) is 0 Å². The van der Waals surface area contributed by atoms with Crippen molar-refractivity contribution in [1.29, 1.82) is 0 Å². The Hall–Kier alpha value is -0.830. The van der Waals surface area contributed by atoms with E-state index in [2.05, 4.69) is 61.5 Å². The second-order valence-corrected chi connectivity index (χ2v) is 6.09. The van der Waals surface area contributed by atoms with Gasteiger partial charge in [-0.05, 0) is 25.1 Å². The Bertz CT molecular complexity index is 407. The van der Waals surface area contributed by atoms with Crippen molar-refractivity contribution < 1.29 is 21.2 Å². The zero-order chi connectivity index (χ0) is 9.80. The molecule has 2 aromatic rings. The van der Waals surface area contributed by atoms with Gasteiger partial charge < -0.3 is 0 Å². The standard InChI is InChI=1S/C13H12I/c1-11-7-5-6-10-13(11)14-12-8-3-2-4-9-12/h2-10H,1H3/q+1. The lowest BCUT2D eigenvalue weighted by atomic mass is 10.2. The van der Waals surface area contributed by atoms with Crippen LogP contribution in [-0.2, 0) is 0 Å². The summed E-state index contributed by atoms with van der Waals surface area (Å²) in [6, 6.07) is 19.4. The van der Waals surface area contributed by atoms with Gasteiger partial charge in [-0.15, -0.1) is 0 Å². The van der Waals surface area contributed by atoms with Crippen LogP contribution in [0, 0.1) is 14.1 Å². The predicted molar refractivity (Wildman–Crippen MR) is 55.0 cm³/mol. The second kappa shape index (κ2) is 4.60. The third-order valence-corrected chi connectivity index (χ3v) is 5.15. The maximum absolute atomic E-state index is 2.25. The highest BCUT2D eigenvalue weighted by Gasteiger charge is 2.16. The highest BCUT2D eigenvalue weighted by atomic mass is 127. The normalized spacial score (nSPS) is 10.1. The van der Waals surface area contributed by atoms with E-state index >= 15 is 0 Å². The third kappa shape index (κ3) is 2.35. The Morgan fingerprint density at radius 2 is 1.43 bits per heavy atom. The van der Waals surface area contributed by atoms with E-state index in [0.29, 0.717) is 0 Å². The first-order valence-electron chi connectivity index (χ1n) is 4.62. The van der Waals surface area contributed by atoms with Gasteiger partial charge >= 0.3 is 21.2 Å². The summed E-state index contributed by atoms with van der Waals surface area (Å²) >= 11 is 0.00698. The van der Waals surface area contributed by atoms with Crippen molar-refractivity contribution in [1.82, 2.24) is 0 Å². The van der Waals surface area contributed by atoms with Crippen LogP contribution in [0.1, 0.15) is 5.56 Å². The summed E-state index contributed by atoms with van der Waals surface area (Å²) in [6.45, 7) is 2.19. The van der Waals surface area contributed by atoms with Crippen molar-refractivity contribution in [3.8, 4) is 0 Å². The predicted octanol–water partition coefficient (Wildman–Crippen LogP) is 0.123. The van der Waals surface area contributed by atoms with Crippen molar-refractivity contribution in [2.75, 3.05) is 0 Å². The molecule has 0 spiro atoms. The molecule has 0 unspecified atom stereocenters. The van der Waals surface area contributed by atoms with Gasteiger partial charge in [-0.25, -0.2) is 0 Å². The number of hydrogen-bond acceptors (Lipinski definition) is 0. The molecule has 0 aliphatic heterocycles. The first-order chi connectivity index (χ1) is 6.86. The summed E-state index contributed by atoms with van der Waals surface area (Å²) in [4.78, 5) is 0. The van der Waals surface area contributed by atoms with Crippen molar-refractivity contribution in [3.63, 3.8) is 0 Å². The highest BCUT2D eigenvalue weighted by molar-refractivity contribution is 5.12. The molecule has 0 bridgehead atoms. The van der Waals surface area contributed by atoms with Crippen LogP contribution < -0.4 is 21.2 Å². The monoisotopic (exact) mass is 295 g/mol. The topological polar surface area (TPSA) is 0 Å². The maximum atomic E-state index is 2.25. The minimum Gasteiger partial charge on any atom is -0.0619 e. The first kappa shape index (κ1) is 9.71. The van der Waals surface area contributed by atoms with Crippen LogP contribution in [0.15, 0.2) is 54.6 Å². The van der Waals surface area contributed by atoms with Gasteiger partial charge in [0.25, 0.3) is 0 Å². The zero-order valence-electron chi connectivity index (χ0n) is 8.07. The fraction of sp³-hybridized carbons (Fsp3) is 0.0769. The average Bonchev–Trinajstić information content (AvgIpc) is 2.23. The highest BCUT2D eigenvalue weighted by Crippen LogP contribution is 1.94. The van der Waals surface area contributed by atoms with E-state index in [9.17, 15) is 0 Å². The third-order valence-electron chi connectivity index (χ3n) is 2.02. The second-order valence-electron chi connectivity index (χ2n) is 3.14. The number of hydrogen-bond donors (Lipinski definition) is 0. The minimum absolute atomic E-state index is 0.00698.